The van der Waals surface area contributed by atoms with Crippen molar-refractivity contribution in [3.8, 4) is 0 Å². The van der Waals surface area contributed by atoms with Gasteiger partial charge in [0.15, 0.2) is 0 Å². The van der Waals surface area contributed by atoms with Crippen molar-refractivity contribution in [1.82, 2.24) is 0 Å². The number of hydrogen-bond donors (Lipinski definition) is 0. The zero-order valence-corrected chi connectivity index (χ0v) is 14.6. The van der Waals surface area contributed by atoms with Crippen molar-refractivity contribution in [2.75, 3.05) is 11.1 Å². The zero-order valence-electron chi connectivity index (χ0n) is 12.2. The van der Waals surface area contributed by atoms with Gasteiger partial charge in [-0.2, -0.15) is 11.8 Å². The fraction of sp³-hybridized carbons (Fsp3) is 0.625. The van der Waals surface area contributed by atoms with Gasteiger partial charge < -0.3 is 0 Å². The number of thioether (sulfide) groups is 1. The maximum absolute atomic E-state index is 3.65. The van der Waals surface area contributed by atoms with Gasteiger partial charge in [0, 0.05) is 11.1 Å². The van der Waals surface area contributed by atoms with Crippen molar-refractivity contribution in [2.24, 2.45) is 11.3 Å². The highest BCUT2D eigenvalue weighted by Crippen LogP contribution is 2.31. The van der Waals surface area contributed by atoms with Crippen LogP contribution in [0.3, 0.4) is 0 Å². The third-order valence-corrected chi connectivity index (χ3v) is 5.24. The topological polar surface area (TPSA) is 0 Å². The molecule has 0 spiro atoms. The highest BCUT2D eigenvalue weighted by atomic mass is 79.9. The lowest BCUT2D eigenvalue weighted by Crippen LogP contribution is -2.24. The van der Waals surface area contributed by atoms with Crippen molar-refractivity contribution in [1.29, 1.82) is 0 Å². The normalized spacial score (nSPS) is 13.7. The molecule has 0 saturated carbocycles. The molecule has 1 atom stereocenters. The molecule has 0 bridgehead atoms. The van der Waals surface area contributed by atoms with Gasteiger partial charge in [-0.05, 0) is 36.5 Å². The fourth-order valence-electron chi connectivity index (χ4n) is 2.00. The van der Waals surface area contributed by atoms with E-state index in [1.807, 2.05) is 0 Å². The molecule has 1 unspecified atom stereocenters. The van der Waals surface area contributed by atoms with Gasteiger partial charge in [0.2, 0.25) is 0 Å². The Labute approximate surface area is 125 Å². The molecule has 1 aromatic rings. The van der Waals surface area contributed by atoms with Gasteiger partial charge in [0.05, 0.1) is 0 Å². The van der Waals surface area contributed by atoms with Crippen molar-refractivity contribution in [3.05, 3.63) is 34.9 Å². The average Bonchev–Trinajstić information content (AvgIpc) is 2.21. The van der Waals surface area contributed by atoms with E-state index in [0.717, 1.165) is 17.0 Å². The summed E-state index contributed by atoms with van der Waals surface area (Å²) in [4.78, 5) is 0. The molecule has 0 aliphatic rings. The summed E-state index contributed by atoms with van der Waals surface area (Å²) in [6.07, 6.45) is 0. The van der Waals surface area contributed by atoms with E-state index in [4.69, 9.17) is 0 Å². The molecule has 0 nitrogen and oxygen atoms in total. The van der Waals surface area contributed by atoms with Crippen LogP contribution < -0.4 is 0 Å². The lowest BCUT2D eigenvalue weighted by atomic mass is 9.83. The number of benzene rings is 1. The molecule has 0 N–H and O–H groups in total. The molecule has 0 fully saturated rings. The third kappa shape index (κ3) is 5.36. The first-order chi connectivity index (χ1) is 8.32. The first-order valence-corrected chi connectivity index (χ1v) is 8.81. The Balaban J connectivity index is 2.50. The monoisotopic (exact) mass is 328 g/mol. The Morgan fingerprint density at radius 2 is 1.67 bits per heavy atom. The minimum atomic E-state index is 0.388. The van der Waals surface area contributed by atoms with E-state index in [0.29, 0.717) is 5.41 Å². The van der Waals surface area contributed by atoms with Crippen LogP contribution in [0.2, 0.25) is 0 Å². The van der Waals surface area contributed by atoms with Gasteiger partial charge in [0.25, 0.3) is 0 Å². The Bertz CT molecular complexity index is 359. The van der Waals surface area contributed by atoms with Crippen LogP contribution in [-0.4, -0.2) is 11.1 Å². The zero-order chi connectivity index (χ0) is 13.8. The van der Waals surface area contributed by atoms with E-state index < -0.39 is 0 Å². The smallest absolute Gasteiger partial charge is 0.0184 e. The molecule has 2 heteroatoms. The van der Waals surface area contributed by atoms with E-state index in [1.165, 1.54) is 22.4 Å². The summed E-state index contributed by atoms with van der Waals surface area (Å²) in [5.74, 6) is 3.08. The molecule has 102 valence electrons. The van der Waals surface area contributed by atoms with Crippen LogP contribution in [0.25, 0.3) is 0 Å². The van der Waals surface area contributed by atoms with E-state index in [9.17, 15) is 0 Å². The predicted octanol–water partition coefficient (Wildman–Crippen LogP) is 5.59. The van der Waals surface area contributed by atoms with Gasteiger partial charge >= 0.3 is 0 Å². The van der Waals surface area contributed by atoms with Crippen LogP contribution in [0.1, 0.15) is 37.5 Å². The molecule has 0 aliphatic carbocycles. The minimum absolute atomic E-state index is 0.388. The van der Waals surface area contributed by atoms with Crippen LogP contribution >= 0.6 is 27.7 Å². The van der Waals surface area contributed by atoms with Crippen molar-refractivity contribution in [3.63, 3.8) is 0 Å². The van der Waals surface area contributed by atoms with Crippen LogP contribution in [0.5, 0.6) is 0 Å². The molecule has 0 saturated heterocycles. The summed E-state index contributed by atoms with van der Waals surface area (Å²) >= 11 is 5.70. The molecule has 1 rings (SSSR count). The standard InChI is InChI=1S/C16H25BrS/c1-12-6-13(2)8-14(7-12)10-18-11-15(9-17)16(3,4)5/h6-8,15H,9-11H2,1-5H3. The Kier molecular flexibility index (Phi) is 6.26. The largest absolute Gasteiger partial charge is 0.157 e. The van der Waals surface area contributed by atoms with E-state index in [1.54, 1.807) is 0 Å². The second-order valence-electron chi connectivity index (χ2n) is 6.23. The van der Waals surface area contributed by atoms with Gasteiger partial charge in [-0.1, -0.05) is 66.0 Å². The Morgan fingerprint density at radius 3 is 2.11 bits per heavy atom. The molecule has 1 aromatic carbocycles. The second kappa shape index (κ2) is 7.00. The van der Waals surface area contributed by atoms with Gasteiger partial charge in [0.1, 0.15) is 0 Å². The van der Waals surface area contributed by atoms with Gasteiger partial charge in [-0.15, -0.1) is 0 Å². The van der Waals surface area contributed by atoms with Crippen LogP contribution in [0, 0.1) is 25.2 Å². The number of aryl methyl sites for hydroxylation is 2. The van der Waals surface area contributed by atoms with Crippen molar-refractivity contribution >= 4 is 27.7 Å². The highest BCUT2D eigenvalue weighted by molar-refractivity contribution is 9.09. The third-order valence-electron chi connectivity index (χ3n) is 3.28. The maximum Gasteiger partial charge on any atom is 0.0184 e. The highest BCUT2D eigenvalue weighted by Gasteiger charge is 2.23. The van der Waals surface area contributed by atoms with Crippen molar-refractivity contribution < 1.29 is 0 Å². The van der Waals surface area contributed by atoms with Gasteiger partial charge in [-0.25, -0.2) is 0 Å². The number of alkyl halides is 1. The summed E-state index contributed by atoms with van der Waals surface area (Å²) in [5.41, 5.74) is 4.59. The van der Waals surface area contributed by atoms with E-state index in [-0.39, 0.29) is 0 Å². The summed E-state index contributed by atoms with van der Waals surface area (Å²) in [5, 5.41) is 1.09. The minimum Gasteiger partial charge on any atom is -0.157 e. The molecular formula is C16H25BrS. The quantitative estimate of drug-likeness (QED) is 0.634. The molecular weight excluding hydrogens is 304 g/mol. The Morgan fingerprint density at radius 1 is 1.11 bits per heavy atom. The van der Waals surface area contributed by atoms with Crippen LogP contribution in [0.4, 0.5) is 0 Å². The number of rotatable bonds is 5. The molecule has 0 heterocycles. The van der Waals surface area contributed by atoms with E-state index >= 15 is 0 Å². The van der Waals surface area contributed by atoms with Crippen molar-refractivity contribution in [2.45, 2.75) is 40.4 Å². The molecule has 0 radical (unpaired) electrons. The second-order valence-corrected chi connectivity index (χ2v) is 7.91. The SMILES string of the molecule is Cc1cc(C)cc(CSCC(CBr)C(C)(C)C)c1. The summed E-state index contributed by atoms with van der Waals surface area (Å²) < 4.78 is 0. The van der Waals surface area contributed by atoms with Crippen LogP contribution in [-0.2, 0) is 5.75 Å². The summed E-state index contributed by atoms with van der Waals surface area (Å²) in [6, 6.07) is 6.85. The summed E-state index contributed by atoms with van der Waals surface area (Å²) in [6.45, 7) is 11.3. The maximum atomic E-state index is 3.65. The molecule has 0 aliphatic heterocycles. The molecule has 0 aromatic heterocycles. The summed E-state index contributed by atoms with van der Waals surface area (Å²) in [7, 11) is 0. The Hall–Kier alpha value is 0.0500. The lowest BCUT2D eigenvalue weighted by molar-refractivity contribution is 0.295. The average molecular weight is 329 g/mol. The van der Waals surface area contributed by atoms with E-state index in [2.05, 4.69) is 80.5 Å². The van der Waals surface area contributed by atoms with Crippen LogP contribution in [0.15, 0.2) is 18.2 Å². The predicted molar refractivity (Wildman–Crippen MR) is 88.8 cm³/mol. The molecule has 18 heavy (non-hydrogen) atoms. The number of hydrogen-bond acceptors (Lipinski definition) is 1. The first kappa shape index (κ1) is 16.1. The first-order valence-electron chi connectivity index (χ1n) is 6.54. The number of halogens is 1. The lowest BCUT2D eigenvalue weighted by Gasteiger charge is -2.28. The van der Waals surface area contributed by atoms with Gasteiger partial charge in [-0.3, -0.25) is 0 Å². The molecule has 0 amide bonds. The fourth-order valence-corrected chi connectivity index (χ4v) is 4.92.